The zero-order valence-electron chi connectivity index (χ0n) is 31.6. The van der Waals surface area contributed by atoms with Gasteiger partial charge in [0.1, 0.15) is 48.0 Å². The third-order valence-corrected chi connectivity index (χ3v) is 12.8. The maximum Gasteiger partial charge on any atom is 0.186 e. The van der Waals surface area contributed by atoms with E-state index in [-0.39, 0.29) is 6.61 Å². The molecule has 12 heteroatoms. The van der Waals surface area contributed by atoms with E-state index in [2.05, 4.69) is 11.6 Å². The molecule has 7 N–H and O–H groups in total. The highest BCUT2D eigenvalue weighted by atomic mass is 32.2. The van der Waals surface area contributed by atoms with E-state index in [0.29, 0.717) is 17.6 Å². The lowest BCUT2D eigenvalue weighted by molar-refractivity contribution is -0.303. The van der Waals surface area contributed by atoms with Crippen molar-refractivity contribution in [3.05, 3.63) is 0 Å². The maximum atomic E-state index is 13.7. The van der Waals surface area contributed by atoms with E-state index in [1.165, 1.54) is 83.5 Å². The second kappa shape index (κ2) is 24.4. The zero-order chi connectivity index (χ0) is 37.1. The number of hydrogen-bond acceptors (Lipinski definition) is 10. The van der Waals surface area contributed by atoms with Crippen LogP contribution in [0.5, 0.6) is 0 Å². The van der Waals surface area contributed by atoms with E-state index in [0.717, 1.165) is 70.6 Å². The third kappa shape index (κ3) is 15.9. The Labute approximate surface area is 311 Å². The van der Waals surface area contributed by atoms with Crippen molar-refractivity contribution < 1.29 is 49.1 Å². The third-order valence-electron chi connectivity index (χ3n) is 11.6. The van der Waals surface area contributed by atoms with E-state index in [4.69, 9.17) is 9.47 Å². The van der Waals surface area contributed by atoms with Crippen molar-refractivity contribution >= 4 is 11.4 Å². The summed E-state index contributed by atoms with van der Waals surface area (Å²) < 4.78 is 40.8. The minimum atomic E-state index is -1.61. The Kier molecular flexibility index (Phi) is 21.7. The van der Waals surface area contributed by atoms with Gasteiger partial charge in [-0.1, -0.05) is 122 Å². The van der Waals surface area contributed by atoms with Crippen molar-refractivity contribution in [3.63, 3.8) is 0 Å². The average molecular weight is 752 g/mol. The number of halogens is 1. The molecule has 0 amide bonds. The van der Waals surface area contributed by atoms with Crippen LogP contribution in [0.25, 0.3) is 0 Å². The first-order chi connectivity index (χ1) is 24.5. The van der Waals surface area contributed by atoms with Gasteiger partial charge in [-0.3, -0.25) is 0 Å². The second-order valence-corrected chi connectivity index (χ2v) is 17.6. The van der Waals surface area contributed by atoms with Crippen LogP contribution in [0.4, 0.5) is 4.39 Å². The number of nitrogens with one attached hydrogen (secondary N) is 1. The molecule has 0 aromatic rings. The summed E-state index contributed by atoms with van der Waals surface area (Å²) in [6.07, 6.45) is 17.2. The Morgan fingerprint density at radius 1 is 0.765 bits per heavy atom. The molecule has 3 unspecified atom stereocenters. The molecule has 0 aromatic carbocycles. The SMILES string of the molecule is CCCCCCCCCCCCCC[C@@H](O)[C@@H](O)[C@H](CO[C@H]1OC(CO)[C@H](O)[C@H](O)C1O)N[S+]([O-])CCCCCCCCCCC12CC(F)(C1)C2. The van der Waals surface area contributed by atoms with Crippen molar-refractivity contribution in [1.29, 1.82) is 0 Å². The summed E-state index contributed by atoms with van der Waals surface area (Å²) in [5.74, 6) is 0.371. The van der Waals surface area contributed by atoms with E-state index in [9.17, 15) is 39.6 Å². The lowest BCUT2D eigenvalue weighted by Crippen LogP contribution is -2.64. The molecule has 302 valence electrons. The monoisotopic (exact) mass is 752 g/mol. The smallest absolute Gasteiger partial charge is 0.186 e. The van der Waals surface area contributed by atoms with Gasteiger partial charge in [-0.15, -0.1) is 4.72 Å². The fraction of sp³-hybridized carbons (Fsp3) is 1.00. The Bertz CT molecular complexity index is 887. The molecule has 1 saturated heterocycles. The molecule has 3 aliphatic carbocycles. The lowest BCUT2D eigenvalue weighted by atomic mass is 9.41. The highest BCUT2D eigenvalue weighted by Crippen LogP contribution is 2.71. The van der Waals surface area contributed by atoms with Gasteiger partial charge in [0.2, 0.25) is 0 Å². The van der Waals surface area contributed by atoms with Gasteiger partial charge in [-0.2, -0.15) is 0 Å². The lowest BCUT2D eigenvalue weighted by Gasteiger charge is -2.66. The van der Waals surface area contributed by atoms with Crippen molar-refractivity contribution in [2.45, 2.75) is 222 Å². The molecule has 1 heterocycles. The first kappa shape index (κ1) is 45.3. The van der Waals surface area contributed by atoms with Crippen LogP contribution in [0.1, 0.15) is 167 Å². The molecule has 0 aromatic heterocycles. The van der Waals surface area contributed by atoms with Gasteiger partial charge in [-0.25, -0.2) is 4.39 Å². The first-order valence-electron chi connectivity index (χ1n) is 20.6. The number of rotatable bonds is 32. The summed E-state index contributed by atoms with van der Waals surface area (Å²) >= 11 is -1.51. The van der Waals surface area contributed by atoms with E-state index < -0.39 is 72.6 Å². The van der Waals surface area contributed by atoms with E-state index in [1.807, 2.05) is 0 Å². The fourth-order valence-corrected chi connectivity index (χ4v) is 9.52. The minimum Gasteiger partial charge on any atom is -0.598 e. The molecule has 10 nitrogen and oxygen atoms in total. The Balaban J connectivity index is 1.32. The first-order valence-corrected chi connectivity index (χ1v) is 22.0. The average Bonchev–Trinajstić information content (AvgIpc) is 3.09. The number of alkyl halides is 1. The number of ether oxygens (including phenoxy) is 2. The van der Waals surface area contributed by atoms with Crippen molar-refractivity contribution in [2.24, 2.45) is 5.41 Å². The van der Waals surface area contributed by atoms with Gasteiger partial charge in [0, 0.05) is 11.4 Å². The number of hydrogen-bond donors (Lipinski definition) is 7. The molecule has 9 atom stereocenters. The zero-order valence-corrected chi connectivity index (χ0v) is 32.4. The Morgan fingerprint density at radius 3 is 1.80 bits per heavy atom. The predicted molar refractivity (Wildman–Crippen MR) is 199 cm³/mol. The van der Waals surface area contributed by atoms with Crippen LogP contribution in [0.15, 0.2) is 0 Å². The normalized spacial score (nSPS) is 31.1. The summed E-state index contributed by atoms with van der Waals surface area (Å²) in [6.45, 7) is 1.34. The number of aliphatic hydroxyl groups is 6. The topological polar surface area (TPSA) is 175 Å². The van der Waals surface area contributed by atoms with Crippen LogP contribution in [0, 0.1) is 5.41 Å². The molecular formula is C39H74FNO9S. The van der Waals surface area contributed by atoms with Gasteiger partial charge < -0.3 is 44.7 Å². The predicted octanol–water partition coefficient (Wildman–Crippen LogP) is 5.64. The fourth-order valence-electron chi connectivity index (χ4n) is 8.39. The summed E-state index contributed by atoms with van der Waals surface area (Å²) in [5, 5.41) is 62.1. The molecule has 4 rings (SSSR count). The van der Waals surface area contributed by atoms with Crippen LogP contribution in [0.3, 0.4) is 0 Å². The minimum absolute atomic E-state index is 0.291. The van der Waals surface area contributed by atoms with Crippen LogP contribution >= 0.6 is 0 Å². The Morgan fingerprint density at radius 2 is 1.27 bits per heavy atom. The van der Waals surface area contributed by atoms with Gasteiger partial charge in [0.15, 0.2) is 6.29 Å². The molecule has 0 radical (unpaired) electrons. The van der Waals surface area contributed by atoms with Crippen molar-refractivity contribution in [3.8, 4) is 0 Å². The summed E-state index contributed by atoms with van der Waals surface area (Å²) in [6, 6.07) is -0.953. The maximum absolute atomic E-state index is 13.7. The van der Waals surface area contributed by atoms with Crippen LogP contribution in [-0.4, -0.2) is 109 Å². The van der Waals surface area contributed by atoms with Gasteiger partial charge in [0.05, 0.1) is 19.3 Å². The van der Waals surface area contributed by atoms with Crippen molar-refractivity contribution in [2.75, 3.05) is 19.0 Å². The highest BCUT2D eigenvalue weighted by molar-refractivity contribution is 7.89. The van der Waals surface area contributed by atoms with Crippen molar-refractivity contribution in [1.82, 2.24) is 4.72 Å². The van der Waals surface area contributed by atoms with Gasteiger partial charge >= 0.3 is 0 Å². The Hall–Kier alpha value is -0.120. The van der Waals surface area contributed by atoms with Gasteiger partial charge in [0.25, 0.3) is 0 Å². The van der Waals surface area contributed by atoms with Crippen LogP contribution in [-0.2, 0) is 20.8 Å². The molecule has 0 spiro atoms. The van der Waals surface area contributed by atoms with Crippen LogP contribution in [0.2, 0.25) is 0 Å². The largest absolute Gasteiger partial charge is 0.598 e. The molecule has 3 saturated carbocycles. The van der Waals surface area contributed by atoms with E-state index in [1.54, 1.807) is 0 Å². The molecule has 51 heavy (non-hydrogen) atoms. The molecule has 2 bridgehead atoms. The summed E-state index contributed by atoms with van der Waals surface area (Å²) in [5.41, 5.74) is -0.446. The van der Waals surface area contributed by atoms with E-state index >= 15 is 0 Å². The standard InChI is InChI=1S/C39H74FNO9S/c1-2-3-4-5-6-7-8-9-10-13-16-19-22-31(43)33(44)30(26-49-37-36(47)35(46)34(45)32(25-42)50-37)41-51(48)24-21-18-15-12-11-14-17-20-23-38-27-39(40,28-38)29-38/h30-37,41-47H,2-29H2,1H3/t30-,31+,32?,33-,34-,35-,36?,37-,38?,39?,51?/m0/s1. The summed E-state index contributed by atoms with van der Waals surface area (Å²) in [4.78, 5) is 0. The summed E-state index contributed by atoms with van der Waals surface area (Å²) in [7, 11) is 0. The molecular weight excluding hydrogens is 677 g/mol. The van der Waals surface area contributed by atoms with Crippen LogP contribution < -0.4 is 4.72 Å². The number of unbranched alkanes of at least 4 members (excludes halogenated alkanes) is 18. The molecule has 4 aliphatic rings. The number of aliphatic hydroxyl groups excluding tert-OH is 6. The van der Waals surface area contributed by atoms with Gasteiger partial charge in [-0.05, 0) is 50.4 Å². The highest BCUT2D eigenvalue weighted by Gasteiger charge is 2.68. The quantitative estimate of drug-likeness (QED) is 0.0337. The molecule has 4 fully saturated rings. The molecule has 1 aliphatic heterocycles. The second-order valence-electron chi connectivity index (χ2n) is 16.3.